The number of carboxylic acids is 1. The van der Waals surface area contributed by atoms with E-state index >= 15 is 0 Å². The standard InChI is InChI=1S/C31H24N8O9S2.3Na/c32-24-15-25(33)28(39-37-26-11-10-22(49(43,44)45)14-30(26)50(46,47)48)16-27(24)38-35-20-7-3-18(4-8-20)17-1-5-19(6-2-17)34-36-21-9-12-29(40)23(13-21)31(41)42;;;/h1-16,40H,32-33H2,(H,41,42)(H,43,44,45)(H,46,47,48);;;. The van der Waals surface area contributed by atoms with Gasteiger partial charge in [-0.25, -0.2) is 4.79 Å². The molecule has 8 N–H and O–H groups in total. The Morgan fingerprint density at radius 3 is 1.47 bits per heavy atom. The zero-order valence-electron chi connectivity index (χ0n) is 28.2. The van der Waals surface area contributed by atoms with Crippen molar-refractivity contribution < 1.29 is 40.9 Å². The van der Waals surface area contributed by atoms with Crippen LogP contribution in [0.15, 0.2) is 138 Å². The molecule has 0 bridgehead atoms. The van der Waals surface area contributed by atoms with E-state index in [2.05, 4.69) is 30.7 Å². The molecule has 0 aromatic heterocycles. The number of carbonyl (C=O) groups is 1. The summed E-state index contributed by atoms with van der Waals surface area (Å²) in [6, 6.07) is 23.0. The van der Waals surface area contributed by atoms with Crippen LogP contribution in [-0.4, -0.2) is 131 Å². The Morgan fingerprint density at radius 2 is 0.981 bits per heavy atom. The fraction of sp³-hybridized carbons (Fsp3) is 0. The van der Waals surface area contributed by atoms with Gasteiger partial charge in [-0.15, -0.1) is 15.3 Å². The Labute approximate surface area is 368 Å². The number of hydrogen-bond donors (Lipinski definition) is 6. The average molecular weight is 786 g/mol. The van der Waals surface area contributed by atoms with Gasteiger partial charge < -0.3 is 21.7 Å². The fourth-order valence-electron chi connectivity index (χ4n) is 4.26. The number of benzene rings is 5. The minimum Gasteiger partial charge on any atom is -0.507 e. The van der Waals surface area contributed by atoms with Crippen LogP contribution < -0.4 is 11.5 Å². The van der Waals surface area contributed by atoms with Crippen molar-refractivity contribution >= 4 is 160 Å². The van der Waals surface area contributed by atoms with Crippen LogP contribution in [0.5, 0.6) is 5.75 Å². The molecule has 0 heterocycles. The summed E-state index contributed by atoms with van der Waals surface area (Å²) in [5.74, 6) is -1.66. The molecule has 0 fully saturated rings. The average Bonchev–Trinajstić information content (AvgIpc) is 3.06. The fourth-order valence-corrected chi connectivity index (χ4v) is 5.49. The smallest absolute Gasteiger partial charge is 0.339 e. The van der Waals surface area contributed by atoms with E-state index < -0.39 is 41.7 Å². The van der Waals surface area contributed by atoms with E-state index in [9.17, 15) is 35.8 Å². The number of aromatic hydroxyl groups is 1. The molecule has 0 saturated carbocycles. The maximum atomic E-state index is 11.8. The molecule has 0 unspecified atom stereocenters. The van der Waals surface area contributed by atoms with Crippen molar-refractivity contribution in [2.75, 3.05) is 11.5 Å². The first-order valence-corrected chi connectivity index (χ1v) is 16.8. The van der Waals surface area contributed by atoms with Gasteiger partial charge >= 0.3 is 5.97 Å². The molecular formula is C31H24N8Na3O9S2. The summed E-state index contributed by atoms with van der Waals surface area (Å²) in [5.41, 5.74) is 14.6. The second-order valence-electron chi connectivity index (χ2n) is 10.2. The van der Waals surface area contributed by atoms with Crippen LogP contribution in [0.1, 0.15) is 10.4 Å². The summed E-state index contributed by atoms with van der Waals surface area (Å²) in [5, 5.41) is 42.9. The molecule has 0 aliphatic carbocycles. The van der Waals surface area contributed by atoms with Gasteiger partial charge in [-0.2, -0.15) is 32.2 Å². The molecule has 22 heteroatoms. The minimum absolute atomic E-state index is 0. The Kier molecular flexibility index (Phi) is 16.6. The minimum atomic E-state index is -4.97. The normalized spacial score (nSPS) is 11.6. The number of carboxylic acid groups (broad SMARTS) is 1. The summed E-state index contributed by atoms with van der Waals surface area (Å²) in [6.07, 6.45) is 0. The number of nitrogens with zero attached hydrogens (tertiary/aromatic N) is 6. The summed E-state index contributed by atoms with van der Waals surface area (Å²) in [4.78, 5) is 9.51. The van der Waals surface area contributed by atoms with E-state index in [0.29, 0.717) is 17.4 Å². The first-order valence-electron chi connectivity index (χ1n) is 13.9. The monoisotopic (exact) mass is 785 g/mol. The van der Waals surface area contributed by atoms with E-state index in [0.717, 1.165) is 23.3 Å². The van der Waals surface area contributed by atoms with E-state index in [-0.39, 0.29) is 128 Å². The Morgan fingerprint density at radius 1 is 0.528 bits per heavy atom. The van der Waals surface area contributed by atoms with E-state index in [1.807, 2.05) is 12.1 Å². The van der Waals surface area contributed by atoms with Gasteiger partial charge in [0.15, 0.2) is 0 Å². The van der Waals surface area contributed by atoms with Gasteiger partial charge in [0, 0.05) is 88.7 Å². The van der Waals surface area contributed by atoms with Crippen LogP contribution in [0.3, 0.4) is 0 Å². The molecule has 5 aromatic rings. The van der Waals surface area contributed by atoms with Crippen molar-refractivity contribution in [3.05, 3.63) is 103 Å². The number of rotatable bonds is 10. The Bertz CT molecular complexity index is 2450. The van der Waals surface area contributed by atoms with Gasteiger partial charge in [-0.05, 0) is 83.9 Å². The molecular weight excluding hydrogens is 761 g/mol. The third-order valence-corrected chi connectivity index (χ3v) is 8.51. The van der Waals surface area contributed by atoms with Gasteiger partial charge in [0.05, 0.1) is 33.3 Å². The third-order valence-electron chi connectivity index (χ3n) is 6.78. The van der Waals surface area contributed by atoms with E-state index in [4.69, 9.17) is 16.6 Å². The molecule has 3 radical (unpaired) electrons. The van der Waals surface area contributed by atoms with Crippen molar-refractivity contribution in [3.8, 4) is 16.9 Å². The van der Waals surface area contributed by atoms with Gasteiger partial charge in [0.1, 0.15) is 33.3 Å². The van der Waals surface area contributed by atoms with Crippen LogP contribution in [0.4, 0.5) is 45.5 Å². The molecule has 53 heavy (non-hydrogen) atoms. The van der Waals surface area contributed by atoms with Gasteiger partial charge in [0.2, 0.25) is 0 Å². The summed E-state index contributed by atoms with van der Waals surface area (Å²) in [6.45, 7) is 0. The molecule has 257 valence electrons. The largest absolute Gasteiger partial charge is 0.507 e. The number of aromatic carboxylic acids is 1. The molecule has 5 aromatic carbocycles. The number of anilines is 2. The molecule has 0 aliphatic rings. The van der Waals surface area contributed by atoms with E-state index in [1.54, 1.807) is 36.4 Å². The third kappa shape index (κ3) is 12.0. The number of nitrogen functional groups attached to an aromatic ring is 2. The maximum absolute atomic E-state index is 11.8. The van der Waals surface area contributed by atoms with Crippen LogP contribution in [-0.2, 0) is 20.2 Å². The van der Waals surface area contributed by atoms with Gasteiger partial charge in [0.25, 0.3) is 20.2 Å². The quantitative estimate of drug-likeness (QED) is 0.0383. The molecule has 0 atom stereocenters. The van der Waals surface area contributed by atoms with E-state index in [1.165, 1.54) is 30.3 Å². The van der Waals surface area contributed by atoms with Gasteiger partial charge in [-0.3, -0.25) is 9.11 Å². The molecule has 0 aliphatic heterocycles. The Balaban J connectivity index is 0.00000324. The van der Waals surface area contributed by atoms with Crippen LogP contribution in [0.25, 0.3) is 11.1 Å². The molecule has 5 rings (SSSR count). The topological polar surface area (TPSA) is 292 Å². The number of phenols is 1. The van der Waals surface area contributed by atoms with Gasteiger partial charge in [-0.1, -0.05) is 24.3 Å². The first-order chi connectivity index (χ1) is 23.6. The second-order valence-corrected chi connectivity index (χ2v) is 13.1. The second kappa shape index (κ2) is 19.3. The molecule has 0 saturated heterocycles. The zero-order valence-corrected chi connectivity index (χ0v) is 35.9. The van der Waals surface area contributed by atoms with Crippen LogP contribution >= 0.6 is 0 Å². The summed E-state index contributed by atoms with van der Waals surface area (Å²) < 4.78 is 65.2. The number of azo groups is 3. The predicted octanol–water partition coefficient (Wildman–Crippen LogP) is 6.52. The first kappa shape index (κ1) is 45.7. The number of hydrogen-bond acceptors (Lipinski definition) is 14. The SMILES string of the molecule is Nc1cc(N)c(N=Nc2ccc(S(=O)(=O)O)cc2S(=O)(=O)O)cc1N=Nc1ccc(-c2ccc(N=Nc3ccc(O)c(C(=O)O)c3)cc2)cc1.[Na].[Na].[Na]. The van der Waals surface area contributed by atoms with Crippen molar-refractivity contribution in [1.29, 1.82) is 0 Å². The number of nitrogens with two attached hydrogens (primary N) is 2. The molecule has 0 spiro atoms. The van der Waals surface area contributed by atoms with Crippen molar-refractivity contribution in [1.82, 2.24) is 0 Å². The molecule has 17 nitrogen and oxygen atoms in total. The van der Waals surface area contributed by atoms with Crippen molar-refractivity contribution in [2.24, 2.45) is 30.7 Å². The van der Waals surface area contributed by atoms with Crippen molar-refractivity contribution in [2.45, 2.75) is 9.79 Å². The van der Waals surface area contributed by atoms with Crippen molar-refractivity contribution in [3.63, 3.8) is 0 Å². The molecule has 0 amide bonds. The van der Waals surface area contributed by atoms with Crippen LogP contribution in [0, 0.1) is 0 Å². The Hall–Kier alpha value is -3.41. The summed E-state index contributed by atoms with van der Waals surface area (Å²) >= 11 is 0. The predicted molar refractivity (Wildman–Crippen MR) is 198 cm³/mol. The maximum Gasteiger partial charge on any atom is 0.339 e. The van der Waals surface area contributed by atoms with Crippen LogP contribution in [0.2, 0.25) is 0 Å². The summed E-state index contributed by atoms with van der Waals surface area (Å²) in [7, 11) is -9.75. The zero-order chi connectivity index (χ0) is 36.2.